The standard InChI is InChI=1S/C17H16ClFN2O/c1-3-4-11-9-21-17-13(8-12(19)16(18)15(11)17)22-14-7-10(2)5-6-20-14/h5-9,21H,3-4H2,1-2H3. The van der Waals surface area contributed by atoms with Gasteiger partial charge >= 0.3 is 0 Å². The average molecular weight is 319 g/mol. The number of nitrogens with one attached hydrogen (secondary N) is 1. The molecule has 0 aliphatic carbocycles. The highest BCUT2D eigenvalue weighted by atomic mass is 35.5. The molecule has 114 valence electrons. The number of aromatic nitrogens is 2. The SMILES string of the molecule is CCCc1c[nH]c2c(Oc3cc(C)ccn3)cc(F)c(Cl)c12. The van der Waals surface area contributed by atoms with Gasteiger partial charge in [-0.25, -0.2) is 9.37 Å². The molecule has 1 N–H and O–H groups in total. The number of hydrogen-bond acceptors (Lipinski definition) is 2. The van der Waals surface area contributed by atoms with Crippen molar-refractivity contribution in [2.75, 3.05) is 0 Å². The van der Waals surface area contributed by atoms with Crippen LogP contribution in [0.1, 0.15) is 24.5 Å². The molecule has 3 nitrogen and oxygen atoms in total. The van der Waals surface area contributed by atoms with Gasteiger partial charge in [0.1, 0.15) is 5.82 Å². The zero-order valence-electron chi connectivity index (χ0n) is 12.4. The molecule has 5 heteroatoms. The van der Waals surface area contributed by atoms with E-state index in [1.807, 2.05) is 19.2 Å². The first kappa shape index (κ1) is 14.9. The Morgan fingerprint density at radius 2 is 2.18 bits per heavy atom. The molecule has 0 bridgehead atoms. The maximum absolute atomic E-state index is 14.1. The van der Waals surface area contributed by atoms with Gasteiger partial charge in [0, 0.05) is 29.9 Å². The quantitative estimate of drug-likeness (QED) is 0.698. The maximum Gasteiger partial charge on any atom is 0.219 e. The van der Waals surface area contributed by atoms with Gasteiger partial charge in [-0.2, -0.15) is 0 Å². The lowest BCUT2D eigenvalue weighted by Gasteiger charge is -2.09. The van der Waals surface area contributed by atoms with Crippen molar-refractivity contribution < 1.29 is 9.13 Å². The van der Waals surface area contributed by atoms with Crippen molar-refractivity contribution in [3.8, 4) is 11.6 Å². The normalized spacial score (nSPS) is 11.1. The highest BCUT2D eigenvalue weighted by molar-refractivity contribution is 6.36. The van der Waals surface area contributed by atoms with Crippen LogP contribution in [0.4, 0.5) is 4.39 Å². The van der Waals surface area contributed by atoms with Crippen LogP contribution in [-0.2, 0) is 6.42 Å². The molecule has 0 aliphatic rings. The number of H-pyrrole nitrogens is 1. The number of aromatic amines is 1. The van der Waals surface area contributed by atoms with Crippen LogP contribution in [0.2, 0.25) is 5.02 Å². The number of rotatable bonds is 4. The average Bonchev–Trinajstić information content (AvgIpc) is 2.89. The second-order valence-electron chi connectivity index (χ2n) is 5.26. The predicted octanol–water partition coefficient (Wildman–Crippen LogP) is 5.41. The Hall–Kier alpha value is -2.07. The molecule has 0 saturated carbocycles. The van der Waals surface area contributed by atoms with Crippen LogP contribution < -0.4 is 4.74 Å². The van der Waals surface area contributed by atoms with Crippen molar-refractivity contribution in [2.45, 2.75) is 26.7 Å². The highest BCUT2D eigenvalue weighted by Crippen LogP contribution is 2.37. The van der Waals surface area contributed by atoms with Crippen LogP contribution in [0, 0.1) is 12.7 Å². The summed E-state index contributed by atoms with van der Waals surface area (Å²) in [5, 5.41) is 0.815. The third-order valence-corrected chi connectivity index (χ3v) is 3.89. The Morgan fingerprint density at radius 1 is 1.36 bits per heavy atom. The third kappa shape index (κ3) is 2.66. The minimum absolute atomic E-state index is 0.129. The van der Waals surface area contributed by atoms with Crippen molar-refractivity contribution in [1.29, 1.82) is 0 Å². The lowest BCUT2D eigenvalue weighted by molar-refractivity contribution is 0.462. The number of hydrogen-bond donors (Lipinski definition) is 1. The number of nitrogens with zero attached hydrogens (tertiary/aromatic N) is 1. The molecule has 0 amide bonds. The molecule has 0 fully saturated rings. The Labute approximate surface area is 133 Å². The number of pyridine rings is 1. The molecule has 1 aromatic carbocycles. The molecule has 3 rings (SSSR count). The first-order valence-electron chi connectivity index (χ1n) is 7.18. The fourth-order valence-electron chi connectivity index (χ4n) is 2.50. The Morgan fingerprint density at radius 3 is 2.91 bits per heavy atom. The Bertz CT molecular complexity index is 829. The monoisotopic (exact) mass is 318 g/mol. The second kappa shape index (κ2) is 5.97. The summed E-state index contributed by atoms with van der Waals surface area (Å²) in [6.45, 7) is 4.01. The van der Waals surface area contributed by atoms with Crippen molar-refractivity contribution in [3.05, 3.63) is 52.6 Å². The molecule has 22 heavy (non-hydrogen) atoms. The van der Waals surface area contributed by atoms with Crippen molar-refractivity contribution in [2.24, 2.45) is 0 Å². The van der Waals surface area contributed by atoms with Crippen molar-refractivity contribution >= 4 is 22.5 Å². The van der Waals surface area contributed by atoms with Gasteiger partial charge in [0.25, 0.3) is 0 Å². The van der Waals surface area contributed by atoms with Gasteiger partial charge in [0.2, 0.25) is 5.88 Å². The number of fused-ring (bicyclic) bond motifs is 1. The summed E-state index contributed by atoms with van der Waals surface area (Å²) < 4.78 is 19.9. The van der Waals surface area contributed by atoms with Crippen LogP contribution in [0.5, 0.6) is 11.6 Å². The number of halogens is 2. The van der Waals surface area contributed by atoms with E-state index in [4.69, 9.17) is 16.3 Å². The van der Waals surface area contributed by atoms with E-state index in [0.717, 1.165) is 24.0 Å². The molecule has 0 saturated heterocycles. The molecular formula is C17H16ClFN2O. The minimum atomic E-state index is -0.492. The van der Waals surface area contributed by atoms with Gasteiger partial charge in [-0.1, -0.05) is 24.9 Å². The smallest absolute Gasteiger partial charge is 0.219 e. The molecule has 0 aliphatic heterocycles. The van der Waals surface area contributed by atoms with E-state index in [-0.39, 0.29) is 5.02 Å². The fourth-order valence-corrected chi connectivity index (χ4v) is 2.77. The highest BCUT2D eigenvalue weighted by Gasteiger charge is 2.17. The first-order chi connectivity index (χ1) is 10.6. The number of aryl methyl sites for hydroxylation is 2. The number of benzene rings is 1. The van der Waals surface area contributed by atoms with Crippen LogP contribution in [-0.4, -0.2) is 9.97 Å². The van der Waals surface area contributed by atoms with Gasteiger partial charge in [-0.15, -0.1) is 0 Å². The van der Waals surface area contributed by atoms with Crippen molar-refractivity contribution in [1.82, 2.24) is 9.97 Å². The minimum Gasteiger partial charge on any atom is -0.437 e. The molecule has 0 spiro atoms. The Balaban J connectivity index is 2.12. The van der Waals surface area contributed by atoms with Crippen molar-refractivity contribution in [3.63, 3.8) is 0 Å². The number of ether oxygens (including phenoxy) is 1. The van der Waals surface area contributed by atoms with Crippen LogP contribution >= 0.6 is 11.6 Å². The molecule has 0 radical (unpaired) electrons. The van der Waals surface area contributed by atoms with Crippen LogP contribution in [0.15, 0.2) is 30.6 Å². The topological polar surface area (TPSA) is 37.9 Å². The van der Waals surface area contributed by atoms with E-state index < -0.39 is 5.82 Å². The van der Waals surface area contributed by atoms with E-state index in [9.17, 15) is 4.39 Å². The summed E-state index contributed by atoms with van der Waals surface area (Å²) >= 11 is 6.14. The second-order valence-corrected chi connectivity index (χ2v) is 5.64. The zero-order valence-corrected chi connectivity index (χ0v) is 13.2. The molecule has 3 aromatic rings. The summed E-state index contributed by atoms with van der Waals surface area (Å²) in [5.41, 5.74) is 2.70. The van der Waals surface area contributed by atoms with Gasteiger partial charge < -0.3 is 9.72 Å². The van der Waals surface area contributed by atoms with Gasteiger partial charge in [-0.3, -0.25) is 0 Å². The van der Waals surface area contributed by atoms with E-state index in [0.29, 0.717) is 22.5 Å². The van der Waals surface area contributed by atoms with Gasteiger partial charge in [-0.05, 0) is 30.5 Å². The lowest BCUT2D eigenvalue weighted by Crippen LogP contribution is -1.92. The maximum atomic E-state index is 14.1. The van der Waals surface area contributed by atoms with Gasteiger partial charge in [0.05, 0.1) is 10.5 Å². The molecule has 2 heterocycles. The van der Waals surface area contributed by atoms with E-state index in [1.165, 1.54) is 6.07 Å². The summed E-state index contributed by atoms with van der Waals surface area (Å²) in [7, 11) is 0. The molecular weight excluding hydrogens is 303 g/mol. The van der Waals surface area contributed by atoms with E-state index in [1.54, 1.807) is 12.3 Å². The Kier molecular flexibility index (Phi) is 4.03. The molecule has 0 unspecified atom stereocenters. The third-order valence-electron chi connectivity index (χ3n) is 3.52. The van der Waals surface area contributed by atoms with Crippen LogP contribution in [0.25, 0.3) is 10.9 Å². The summed E-state index contributed by atoms with van der Waals surface area (Å²) in [6.07, 6.45) is 5.29. The molecule has 2 aromatic heterocycles. The first-order valence-corrected chi connectivity index (χ1v) is 7.56. The van der Waals surface area contributed by atoms with E-state index >= 15 is 0 Å². The lowest BCUT2D eigenvalue weighted by atomic mass is 10.1. The summed E-state index contributed by atoms with van der Waals surface area (Å²) in [6, 6.07) is 4.97. The van der Waals surface area contributed by atoms with Crippen LogP contribution in [0.3, 0.4) is 0 Å². The molecule has 0 atom stereocenters. The fraction of sp³-hybridized carbons (Fsp3) is 0.235. The van der Waals surface area contributed by atoms with E-state index in [2.05, 4.69) is 16.9 Å². The zero-order chi connectivity index (χ0) is 15.7. The summed E-state index contributed by atoms with van der Waals surface area (Å²) in [5.74, 6) is 0.320. The predicted molar refractivity (Wildman–Crippen MR) is 86.3 cm³/mol. The largest absolute Gasteiger partial charge is 0.437 e. The summed E-state index contributed by atoms with van der Waals surface area (Å²) in [4.78, 5) is 7.29. The van der Waals surface area contributed by atoms with Gasteiger partial charge in [0.15, 0.2) is 5.75 Å².